The van der Waals surface area contributed by atoms with E-state index < -0.39 is 17.8 Å². The standard InChI is InChI=1S/C12H15NO5/c1-17-9-4-3-7(5-10(9)18-2)8(12(13)16)6-11(14)15/h3-5,8H,6H2,1-2H3,(H2,13,16)(H,14,15). The number of rotatable bonds is 6. The maximum atomic E-state index is 11.3. The largest absolute Gasteiger partial charge is 0.493 e. The Bertz CT molecular complexity index is 458. The number of carbonyl (C=O) groups is 2. The summed E-state index contributed by atoms with van der Waals surface area (Å²) in [6.45, 7) is 0. The highest BCUT2D eigenvalue weighted by Crippen LogP contribution is 2.31. The van der Waals surface area contributed by atoms with Gasteiger partial charge in [0.15, 0.2) is 11.5 Å². The van der Waals surface area contributed by atoms with Crippen LogP contribution in [0.15, 0.2) is 18.2 Å². The molecule has 3 N–H and O–H groups in total. The van der Waals surface area contributed by atoms with Gasteiger partial charge in [-0.2, -0.15) is 0 Å². The molecule has 0 spiro atoms. The third kappa shape index (κ3) is 3.13. The van der Waals surface area contributed by atoms with Gasteiger partial charge in [0.25, 0.3) is 0 Å². The lowest BCUT2D eigenvalue weighted by atomic mass is 9.95. The second-order valence-electron chi connectivity index (χ2n) is 3.67. The average molecular weight is 253 g/mol. The molecule has 0 saturated heterocycles. The fraction of sp³-hybridized carbons (Fsp3) is 0.333. The fourth-order valence-corrected chi connectivity index (χ4v) is 1.63. The van der Waals surface area contributed by atoms with Crippen molar-refractivity contribution in [1.82, 2.24) is 0 Å². The molecule has 18 heavy (non-hydrogen) atoms. The average Bonchev–Trinajstić information content (AvgIpc) is 2.34. The Kier molecular flexibility index (Phi) is 4.53. The van der Waals surface area contributed by atoms with Gasteiger partial charge in [-0.15, -0.1) is 0 Å². The third-order valence-electron chi connectivity index (χ3n) is 2.53. The van der Waals surface area contributed by atoms with Crippen molar-refractivity contribution in [1.29, 1.82) is 0 Å². The molecular formula is C12H15NO5. The summed E-state index contributed by atoms with van der Waals surface area (Å²) in [5, 5.41) is 8.76. The van der Waals surface area contributed by atoms with E-state index in [2.05, 4.69) is 0 Å². The molecule has 0 aromatic heterocycles. The molecule has 0 aliphatic carbocycles. The molecule has 1 rings (SSSR count). The highest BCUT2D eigenvalue weighted by atomic mass is 16.5. The SMILES string of the molecule is COc1ccc(C(CC(=O)O)C(N)=O)cc1OC. The number of aliphatic carboxylic acids is 1. The van der Waals surface area contributed by atoms with Crippen molar-refractivity contribution in [3.05, 3.63) is 23.8 Å². The Morgan fingerprint density at radius 2 is 1.89 bits per heavy atom. The lowest BCUT2D eigenvalue weighted by Crippen LogP contribution is -2.23. The minimum Gasteiger partial charge on any atom is -0.493 e. The number of hydrogen-bond donors (Lipinski definition) is 2. The van der Waals surface area contributed by atoms with Gasteiger partial charge in [-0.25, -0.2) is 0 Å². The molecule has 1 aromatic rings. The maximum Gasteiger partial charge on any atom is 0.304 e. The number of carboxylic acid groups (broad SMARTS) is 1. The molecule has 1 amide bonds. The summed E-state index contributed by atoms with van der Waals surface area (Å²) in [4.78, 5) is 22.0. The molecular weight excluding hydrogens is 238 g/mol. The van der Waals surface area contributed by atoms with Crippen LogP contribution in [0.5, 0.6) is 11.5 Å². The van der Waals surface area contributed by atoms with E-state index in [0.29, 0.717) is 17.1 Å². The molecule has 1 unspecified atom stereocenters. The molecule has 6 nitrogen and oxygen atoms in total. The molecule has 6 heteroatoms. The van der Waals surface area contributed by atoms with Gasteiger partial charge >= 0.3 is 5.97 Å². The van der Waals surface area contributed by atoms with Gasteiger partial charge in [-0.05, 0) is 17.7 Å². The first-order chi connectivity index (χ1) is 8.49. The second-order valence-corrected chi connectivity index (χ2v) is 3.67. The van der Waals surface area contributed by atoms with Crippen molar-refractivity contribution in [2.45, 2.75) is 12.3 Å². The number of carbonyl (C=O) groups excluding carboxylic acids is 1. The number of amides is 1. The molecule has 0 saturated carbocycles. The second kappa shape index (κ2) is 5.90. The van der Waals surface area contributed by atoms with Gasteiger partial charge in [-0.3, -0.25) is 9.59 Å². The van der Waals surface area contributed by atoms with Crippen LogP contribution in [-0.4, -0.2) is 31.2 Å². The number of benzene rings is 1. The van der Waals surface area contributed by atoms with E-state index in [4.69, 9.17) is 20.3 Å². The Morgan fingerprint density at radius 1 is 1.28 bits per heavy atom. The Labute approximate surface area is 104 Å². The number of ether oxygens (including phenoxy) is 2. The van der Waals surface area contributed by atoms with Gasteiger partial charge in [0.05, 0.1) is 26.6 Å². The number of nitrogens with two attached hydrogens (primary N) is 1. The third-order valence-corrected chi connectivity index (χ3v) is 2.53. The molecule has 0 bridgehead atoms. The van der Waals surface area contributed by atoms with Crippen LogP contribution in [-0.2, 0) is 9.59 Å². The van der Waals surface area contributed by atoms with Crippen LogP contribution in [0.25, 0.3) is 0 Å². The van der Waals surface area contributed by atoms with Crippen molar-refractivity contribution in [2.24, 2.45) is 5.73 Å². The number of methoxy groups -OCH3 is 2. The lowest BCUT2D eigenvalue weighted by Gasteiger charge is -2.14. The fourth-order valence-electron chi connectivity index (χ4n) is 1.63. The van der Waals surface area contributed by atoms with Gasteiger partial charge in [-0.1, -0.05) is 6.07 Å². The van der Waals surface area contributed by atoms with E-state index in [-0.39, 0.29) is 6.42 Å². The highest BCUT2D eigenvalue weighted by Gasteiger charge is 2.22. The Balaban J connectivity index is 3.13. The monoisotopic (exact) mass is 253 g/mol. The van der Waals surface area contributed by atoms with Crippen molar-refractivity contribution in [3.63, 3.8) is 0 Å². The number of carboxylic acids is 1. The molecule has 1 atom stereocenters. The zero-order valence-electron chi connectivity index (χ0n) is 10.2. The smallest absolute Gasteiger partial charge is 0.304 e. The van der Waals surface area contributed by atoms with E-state index in [1.165, 1.54) is 14.2 Å². The zero-order valence-corrected chi connectivity index (χ0v) is 10.2. The van der Waals surface area contributed by atoms with Crippen molar-refractivity contribution in [2.75, 3.05) is 14.2 Å². The first-order valence-electron chi connectivity index (χ1n) is 5.22. The van der Waals surface area contributed by atoms with E-state index in [1.54, 1.807) is 18.2 Å². The first-order valence-corrected chi connectivity index (χ1v) is 5.22. The van der Waals surface area contributed by atoms with Crippen LogP contribution in [0, 0.1) is 0 Å². The quantitative estimate of drug-likeness (QED) is 0.779. The van der Waals surface area contributed by atoms with Crippen molar-refractivity contribution in [3.8, 4) is 11.5 Å². The predicted octanol–water partition coefficient (Wildman–Crippen LogP) is 0.747. The molecule has 1 aromatic carbocycles. The molecule has 0 aliphatic rings. The maximum absolute atomic E-state index is 11.3. The summed E-state index contributed by atoms with van der Waals surface area (Å²) in [6.07, 6.45) is -0.356. The topological polar surface area (TPSA) is 98.9 Å². The van der Waals surface area contributed by atoms with E-state index in [9.17, 15) is 9.59 Å². The van der Waals surface area contributed by atoms with Crippen LogP contribution in [0.1, 0.15) is 17.9 Å². The molecule has 0 fully saturated rings. The lowest BCUT2D eigenvalue weighted by molar-refractivity contribution is -0.139. The Hall–Kier alpha value is -2.24. The normalized spacial score (nSPS) is 11.7. The summed E-state index contributed by atoms with van der Waals surface area (Å²) in [5.74, 6) is -1.74. The van der Waals surface area contributed by atoms with Crippen LogP contribution in [0.4, 0.5) is 0 Å². The van der Waals surface area contributed by atoms with E-state index >= 15 is 0 Å². The number of hydrogen-bond acceptors (Lipinski definition) is 4. The van der Waals surface area contributed by atoms with E-state index in [0.717, 1.165) is 0 Å². The summed E-state index contributed by atoms with van der Waals surface area (Å²) < 4.78 is 10.1. The highest BCUT2D eigenvalue weighted by molar-refractivity contribution is 5.86. The molecule has 98 valence electrons. The van der Waals surface area contributed by atoms with Gasteiger partial charge in [0, 0.05) is 0 Å². The zero-order chi connectivity index (χ0) is 13.7. The van der Waals surface area contributed by atoms with E-state index in [1.807, 2.05) is 0 Å². The van der Waals surface area contributed by atoms with Gasteiger partial charge < -0.3 is 20.3 Å². The molecule has 0 heterocycles. The summed E-state index contributed by atoms with van der Waals surface area (Å²) in [5.41, 5.74) is 5.69. The number of primary amides is 1. The summed E-state index contributed by atoms with van der Waals surface area (Å²) in [7, 11) is 2.94. The first kappa shape index (κ1) is 13.8. The van der Waals surface area contributed by atoms with Gasteiger partial charge in [0.2, 0.25) is 5.91 Å². The van der Waals surface area contributed by atoms with Gasteiger partial charge in [0.1, 0.15) is 0 Å². The predicted molar refractivity (Wildman–Crippen MR) is 63.7 cm³/mol. The molecule has 0 radical (unpaired) electrons. The molecule has 0 aliphatic heterocycles. The van der Waals surface area contributed by atoms with Crippen molar-refractivity contribution < 1.29 is 24.2 Å². The van der Waals surface area contributed by atoms with Crippen molar-refractivity contribution >= 4 is 11.9 Å². The van der Waals surface area contributed by atoms with Crippen LogP contribution in [0.3, 0.4) is 0 Å². The van der Waals surface area contributed by atoms with Crippen LogP contribution < -0.4 is 15.2 Å². The minimum atomic E-state index is -1.09. The summed E-state index contributed by atoms with van der Waals surface area (Å²) in [6, 6.07) is 4.75. The van der Waals surface area contributed by atoms with Crippen LogP contribution in [0.2, 0.25) is 0 Å². The minimum absolute atomic E-state index is 0.356. The Morgan fingerprint density at radius 3 is 2.33 bits per heavy atom. The summed E-state index contributed by atoms with van der Waals surface area (Å²) >= 11 is 0. The van der Waals surface area contributed by atoms with Crippen LogP contribution >= 0.6 is 0 Å².